The number of benzene rings is 2. The number of hydrogen-bond donors (Lipinski definition) is 1. The van der Waals surface area contributed by atoms with E-state index in [-0.39, 0.29) is 17.4 Å². The van der Waals surface area contributed by atoms with Crippen molar-refractivity contribution in [3.05, 3.63) is 70.3 Å². The number of ether oxygens (including phenoxy) is 2. The standard InChI is InChI=1S/C33H42ClN3O4S/c1-21-6-4-8-30(40-3)27-12-9-25(27)18-37-19-33(15-5-7-23-16-26(34)11-13-28(23)33)20-41-31-14-10-24(17-29(31)37)32(38)36-42(35,39)22(21)2/h4,8,10-11,13-14,16-17,21-22,25,27,30H,5-7,9,12,15,18-20H2,1-3H3,(H2,35,36,38,39)/b8-4+/t21-,22+,25-,27+,30-,33-,42?/m0/s1. The van der Waals surface area contributed by atoms with Crippen molar-refractivity contribution >= 4 is 33.1 Å². The quantitative estimate of drug-likeness (QED) is 0.381. The van der Waals surface area contributed by atoms with Gasteiger partial charge in [-0.3, -0.25) is 4.79 Å². The Balaban J connectivity index is 1.46. The largest absolute Gasteiger partial charge is 0.490 e. The number of amides is 1. The fourth-order valence-electron chi connectivity index (χ4n) is 7.40. The van der Waals surface area contributed by atoms with Crippen LogP contribution in [-0.4, -0.2) is 48.3 Å². The number of carbonyl (C=O) groups is 1. The molecule has 226 valence electrons. The van der Waals surface area contributed by atoms with Crippen molar-refractivity contribution in [1.29, 1.82) is 0 Å². The van der Waals surface area contributed by atoms with Crippen molar-refractivity contribution < 1.29 is 18.5 Å². The van der Waals surface area contributed by atoms with E-state index < -0.39 is 21.1 Å². The molecule has 1 fully saturated rings. The molecule has 7 atom stereocenters. The molecule has 42 heavy (non-hydrogen) atoms. The Bertz CT molecular complexity index is 1520. The number of nitrogens with zero attached hydrogens (tertiary/aromatic N) is 2. The van der Waals surface area contributed by atoms with Crippen LogP contribution < -0.4 is 14.8 Å². The maximum absolute atomic E-state index is 13.5. The Morgan fingerprint density at radius 2 is 2.02 bits per heavy atom. The van der Waals surface area contributed by atoms with Gasteiger partial charge in [0.2, 0.25) is 0 Å². The van der Waals surface area contributed by atoms with E-state index in [1.165, 1.54) is 11.1 Å². The molecule has 2 aliphatic carbocycles. The second kappa shape index (κ2) is 11.6. The maximum atomic E-state index is 13.5. The predicted molar refractivity (Wildman–Crippen MR) is 169 cm³/mol. The van der Waals surface area contributed by atoms with Gasteiger partial charge in [0.15, 0.2) is 0 Å². The van der Waals surface area contributed by atoms with Crippen LogP contribution >= 0.6 is 11.6 Å². The minimum Gasteiger partial charge on any atom is -0.490 e. The summed E-state index contributed by atoms with van der Waals surface area (Å²) in [6.45, 7) is 5.96. The summed E-state index contributed by atoms with van der Waals surface area (Å²) in [5.41, 5.74) is 3.64. The third-order valence-electron chi connectivity index (χ3n) is 10.3. The zero-order valence-corrected chi connectivity index (χ0v) is 26.3. The van der Waals surface area contributed by atoms with Crippen LogP contribution in [0.2, 0.25) is 5.02 Å². The molecule has 2 aromatic rings. The number of rotatable bonds is 1. The minimum absolute atomic E-state index is 0.00759. The summed E-state index contributed by atoms with van der Waals surface area (Å²) < 4.78 is 30.2. The average molecular weight is 612 g/mol. The fraction of sp³-hybridized carbons (Fsp3) is 0.545. The van der Waals surface area contributed by atoms with Crippen molar-refractivity contribution in [2.75, 3.05) is 31.7 Å². The number of anilines is 1. The highest BCUT2D eigenvalue weighted by atomic mass is 35.5. The van der Waals surface area contributed by atoms with E-state index in [1.54, 1.807) is 13.2 Å². The zero-order valence-electron chi connectivity index (χ0n) is 24.8. The van der Waals surface area contributed by atoms with E-state index >= 15 is 0 Å². The van der Waals surface area contributed by atoms with E-state index in [0.29, 0.717) is 30.4 Å². The van der Waals surface area contributed by atoms with Crippen molar-refractivity contribution in [1.82, 2.24) is 0 Å². The van der Waals surface area contributed by atoms with Gasteiger partial charge in [0.05, 0.1) is 23.6 Å². The Hall–Kier alpha value is -2.39. The van der Waals surface area contributed by atoms with Crippen LogP contribution in [-0.2, 0) is 26.5 Å². The van der Waals surface area contributed by atoms with Gasteiger partial charge in [-0.1, -0.05) is 36.7 Å². The number of halogens is 1. The fourth-order valence-corrected chi connectivity index (χ4v) is 8.90. The van der Waals surface area contributed by atoms with Crippen molar-refractivity contribution in [3.8, 4) is 5.75 Å². The highest BCUT2D eigenvalue weighted by Gasteiger charge is 2.44. The molecular weight excluding hydrogens is 570 g/mol. The molecule has 0 radical (unpaired) electrons. The van der Waals surface area contributed by atoms with E-state index in [2.05, 4.69) is 33.5 Å². The third-order valence-corrected chi connectivity index (χ3v) is 12.5. The molecule has 0 saturated heterocycles. The number of nitrogens with two attached hydrogens (primary N) is 1. The summed E-state index contributed by atoms with van der Waals surface area (Å²) in [6, 6.07) is 11.7. The highest BCUT2D eigenvalue weighted by molar-refractivity contribution is 7.92. The molecule has 6 rings (SSSR count). The van der Waals surface area contributed by atoms with Crippen molar-refractivity contribution in [2.45, 2.75) is 69.1 Å². The lowest BCUT2D eigenvalue weighted by Crippen LogP contribution is -2.49. The van der Waals surface area contributed by atoms with Crippen LogP contribution in [0.5, 0.6) is 5.75 Å². The lowest BCUT2D eigenvalue weighted by Gasteiger charge is -2.46. The van der Waals surface area contributed by atoms with Gasteiger partial charge in [0.1, 0.15) is 15.7 Å². The van der Waals surface area contributed by atoms with Gasteiger partial charge in [-0.15, -0.1) is 4.36 Å². The smallest absolute Gasteiger partial charge is 0.286 e. The minimum atomic E-state index is -3.26. The second-order valence-corrected chi connectivity index (χ2v) is 15.4. The molecule has 4 aliphatic rings. The molecular formula is C33H42ClN3O4S. The van der Waals surface area contributed by atoms with E-state index in [4.69, 9.17) is 26.2 Å². The first-order valence-corrected chi connectivity index (χ1v) is 17.2. The van der Waals surface area contributed by atoms with Gasteiger partial charge in [-0.25, -0.2) is 9.35 Å². The third kappa shape index (κ3) is 5.51. The van der Waals surface area contributed by atoms with Crippen LogP contribution in [0.3, 0.4) is 0 Å². The Kier molecular flexibility index (Phi) is 8.20. The van der Waals surface area contributed by atoms with Gasteiger partial charge in [-0.05, 0) is 105 Å². The number of fused-ring (bicyclic) bond motifs is 4. The molecule has 0 aromatic heterocycles. The summed E-state index contributed by atoms with van der Waals surface area (Å²) in [5, 5.41) is 6.53. The van der Waals surface area contributed by atoms with Crippen LogP contribution in [0, 0.1) is 17.8 Å². The van der Waals surface area contributed by atoms with Gasteiger partial charge >= 0.3 is 0 Å². The molecule has 9 heteroatoms. The topological polar surface area (TPSA) is 94.2 Å². The maximum Gasteiger partial charge on any atom is 0.286 e. The molecule has 2 aliphatic heterocycles. The molecule has 2 N–H and O–H groups in total. The van der Waals surface area contributed by atoms with Gasteiger partial charge in [-0.2, -0.15) is 0 Å². The Morgan fingerprint density at radius 1 is 1.19 bits per heavy atom. The Labute approximate surface area is 255 Å². The lowest BCUT2D eigenvalue weighted by atomic mass is 9.68. The van der Waals surface area contributed by atoms with Gasteiger partial charge < -0.3 is 14.4 Å². The summed E-state index contributed by atoms with van der Waals surface area (Å²) in [6.07, 6.45) is 10.3. The molecule has 2 bridgehead atoms. The second-order valence-electron chi connectivity index (χ2n) is 12.8. The summed E-state index contributed by atoms with van der Waals surface area (Å²) in [4.78, 5) is 15.8. The van der Waals surface area contributed by atoms with E-state index in [1.807, 2.05) is 32.0 Å². The molecule has 2 heterocycles. The van der Waals surface area contributed by atoms with Crippen LogP contribution in [0.25, 0.3) is 0 Å². The number of carbonyl (C=O) groups excluding carboxylic acids is 1. The number of aryl methyl sites for hydroxylation is 1. The first-order chi connectivity index (χ1) is 20.1. The summed E-state index contributed by atoms with van der Waals surface area (Å²) in [5.74, 6) is 1.02. The number of hydrogen-bond acceptors (Lipinski definition) is 5. The molecule has 1 amide bonds. The van der Waals surface area contributed by atoms with Crippen molar-refractivity contribution in [2.24, 2.45) is 27.3 Å². The first kappa shape index (κ1) is 29.7. The predicted octanol–water partition coefficient (Wildman–Crippen LogP) is 6.32. The van der Waals surface area contributed by atoms with Crippen molar-refractivity contribution in [3.63, 3.8) is 0 Å². The molecule has 7 nitrogen and oxygen atoms in total. The molecule has 2 aromatic carbocycles. The van der Waals surface area contributed by atoms with Crippen LogP contribution in [0.15, 0.2) is 52.9 Å². The van der Waals surface area contributed by atoms with Crippen LogP contribution in [0.1, 0.15) is 67.4 Å². The summed E-state index contributed by atoms with van der Waals surface area (Å²) >= 11 is 6.41. The molecule has 1 unspecified atom stereocenters. The first-order valence-electron chi connectivity index (χ1n) is 15.2. The monoisotopic (exact) mass is 611 g/mol. The van der Waals surface area contributed by atoms with Crippen LogP contribution in [0.4, 0.5) is 5.69 Å². The zero-order chi connectivity index (χ0) is 29.6. The SMILES string of the molecule is CO[C@H]1/C=C/C[C@H](C)[C@@H](C)S(N)(=O)=NC(=O)c2ccc3c(c2)N(C[C@@H]2CC[C@H]21)C[C@@]1(CCCc2cc(Cl)ccc21)CO3. The number of allylic oxidation sites excluding steroid dienone is 1. The lowest BCUT2D eigenvalue weighted by molar-refractivity contribution is 0.0131. The van der Waals surface area contributed by atoms with Gasteiger partial charge in [0, 0.05) is 36.2 Å². The average Bonchev–Trinajstić information content (AvgIpc) is 3.10. The number of methoxy groups -OCH3 is 1. The summed E-state index contributed by atoms with van der Waals surface area (Å²) in [7, 11) is -1.48. The normalized spacial score (nSPS) is 35.6. The highest BCUT2D eigenvalue weighted by Crippen LogP contribution is 2.47. The Morgan fingerprint density at radius 3 is 2.79 bits per heavy atom. The van der Waals surface area contributed by atoms with E-state index in [0.717, 1.165) is 61.7 Å². The molecule has 1 spiro atoms. The van der Waals surface area contributed by atoms with E-state index in [9.17, 15) is 9.00 Å². The van der Waals surface area contributed by atoms with Gasteiger partial charge in [0.25, 0.3) is 5.91 Å². The molecule has 1 saturated carbocycles.